The first-order valence-electron chi connectivity index (χ1n) is 6.48. The smallest absolute Gasteiger partial charge is 0.409 e. The molecule has 116 valence electrons. The van der Waals surface area contributed by atoms with Crippen LogP contribution in [-0.2, 0) is 6.42 Å². The fourth-order valence-electron chi connectivity index (χ4n) is 1.91. The van der Waals surface area contributed by atoms with E-state index >= 15 is 0 Å². The van der Waals surface area contributed by atoms with Crippen molar-refractivity contribution in [3.05, 3.63) is 23.3 Å². The van der Waals surface area contributed by atoms with Crippen LogP contribution in [0, 0.1) is 0 Å². The molecule has 2 N–H and O–H groups in total. The van der Waals surface area contributed by atoms with Crippen LogP contribution < -0.4 is 10.5 Å². The van der Waals surface area contributed by atoms with Crippen LogP contribution in [0.25, 0.3) is 0 Å². The maximum absolute atomic E-state index is 12.0. The minimum absolute atomic E-state index is 0.0995. The van der Waals surface area contributed by atoms with Crippen molar-refractivity contribution in [2.24, 2.45) is 0 Å². The molecule has 1 amide bonds. The van der Waals surface area contributed by atoms with E-state index in [9.17, 15) is 9.59 Å². The number of Topliss-reactive ketones (excluding diaryl/α,β-unsaturated/α-hetero) is 1. The number of anilines is 1. The number of hydrogen-bond donors (Lipinski definition) is 1. The second kappa shape index (κ2) is 8.19. The number of hydrogen-bond acceptors (Lipinski definition) is 6. The fraction of sp³-hybridized carbons (Fsp3) is 0.429. The van der Waals surface area contributed by atoms with E-state index in [-0.39, 0.29) is 5.78 Å². The van der Waals surface area contributed by atoms with Crippen molar-refractivity contribution in [2.45, 2.75) is 26.7 Å². The third kappa shape index (κ3) is 4.31. The molecule has 0 spiro atoms. The Morgan fingerprint density at radius 3 is 2.38 bits per heavy atom. The summed E-state index contributed by atoms with van der Waals surface area (Å²) in [4.78, 5) is 23.6. The highest BCUT2D eigenvalue weighted by atomic mass is 32.2. The van der Waals surface area contributed by atoms with E-state index in [0.29, 0.717) is 29.0 Å². The minimum atomic E-state index is -0.470. The largest absolute Gasteiger partial charge is 0.435 e. The predicted molar refractivity (Wildman–Crippen MR) is 89.7 cm³/mol. The van der Waals surface area contributed by atoms with Crippen LogP contribution in [0.3, 0.4) is 0 Å². The second-order valence-electron chi connectivity index (χ2n) is 4.30. The highest BCUT2D eigenvalue weighted by Crippen LogP contribution is 2.31. The van der Waals surface area contributed by atoms with Gasteiger partial charge in [0.25, 0.3) is 0 Å². The van der Waals surface area contributed by atoms with Gasteiger partial charge in [-0.3, -0.25) is 4.79 Å². The van der Waals surface area contributed by atoms with Gasteiger partial charge in [-0.1, -0.05) is 13.3 Å². The molecule has 21 heavy (non-hydrogen) atoms. The molecule has 1 rings (SSSR count). The molecular weight excluding hydrogens is 308 g/mol. The first-order chi connectivity index (χ1) is 9.96. The number of amides is 1. The third-order valence-corrected chi connectivity index (χ3v) is 4.73. The molecule has 0 heterocycles. The number of rotatable bonds is 6. The van der Waals surface area contributed by atoms with Gasteiger partial charge in [-0.05, 0) is 49.4 Å². The zero-order valence-electron chi connectivity index (χ0n) is 12.6. The van der Waals surface area contributed by atoms with Gasteiger partial charge in [0.15, 0.2) is 5.78 Å². The predicted octanol–water partition coefficient (Wildman–Crippen LogP) is 3.78. The molecule has 0 fully saturated rings. The zero-order valence-corrected chi connectivity index (χ0v) is 14.3. The van der Waals surface area contributed by atoms with Crippen LogP contribution in [0.1, 0.15) is 36.2 Å². The Balaban J connectivity index is 3.15. The average molecular weight is 328 g/mol. The van der Waals surface area contributed by atoms with E-state index in [0.717, 1.165) is 6.42 Å². The monoisotopic (exact) mass is 328 g/mol. The Bertz CT molecular complexity index is 531. The summed E-state index contributed by atoms with van der Waals surface area (Å²) in [6.45, 7) is 3.47. The number of carbonyl (C=O) groups excluding carboxylic acids is 2. The molecule has 0 atom stereocenters. The van der Waals surface area contributed by atoms with Gasteiger partial charge >= 0.3 is 6.09 Å². The Morgan fingerprint density at radius 2 is 1.90 bits per heavy atom. The third-order valence-electron chi connectivity index (χ3n) is 2.87. The molecule has 0 aliphatic heterocycles. The second-order valence-corrected chi connectivity index (χ2v) is 5.99. The van der Waals surface area contributed by atoms with Crippen molar-refractivity contribution in [2.75, 3.05) is 18.2 Å². The summed E-state index contributed by atoms with van der Waals surface area (Å²) in [5, 5.41) is 0. The molecule has 0 saturated carbocycles. The number of nitrogens with two attached hydrogens (primary N) is 1. The SMILES string of the molecule is CCCc1c(OC(=O)N(SC)SC)ccc(C(C)=O)c1N. The van der Waals surface area contributed by atoms with Crippen molar-refractivity contribution in [1.29, 1.82) is 0 Å². The number of nitrogens with zero attached hydrogens (tertiary/aromatic N) is 1. The Morgan fingerprint density at radius 1 is 1.29 bits per heavy atom. The normalized spacial score (nSPS) is 10.3. The summed E-state index contributed by atoms with van der Waals surface area (Å²) >= 11 is 2.53. The number of carbonyl (C=O) groups is 2. The van der Waals surface area contributed by atoms with Crippen molar-refractivity contribution >= 4 is 41.5 Å². The van der Waals surface area contributed by atoms with E-state index in [1.54, 1.807) is 24.6 Å². The molecule has 5 nitrogen and oxygen atoms in total. The lowest BCUT2D eigenvalue weighted by Gasteiger charge is -2.18. The first-order valence-corrected chi connectivity index (χ1v) is 8.85. The van der Waals surface area contributed by atoms with Gasteiger partial charge in [0.05, 0.1) is 0 Å². The van der Waals surface area contributed by atoms with Gasteiger partial charge in [-0.2, -0.15) is 3.71 Å². The quantitative estimate of drug-likeness (QED) is 0.487. The topological polar surface area (TPSA) is 72.6 Å². The number of benzene rings is 1. The molecule has 0 radical (unpaired) electrons. The lowest BCUT2D eigenvalue weighted by molar-refractivity contribution is 0.101. The Hall–Kier alpha value is -1.34. The van der Waals surface area contributed by atoms with Crippen LogP contribution in [-0.4, -0.2) is 28.1 Å². The van der Waals surface area contributed by atoms with Gasteiger partial charge in [-0.15, -0.1) is 0 Å². The van der Waals surface area contributed by atoms with E-state index in [1.165, 1.54) is 34.5 Å². The van der Waals surface area contributed by atoms with E-state index in [2.05, 4.69) is 0 Å². The van der Waals surface area contributed by atoms with Gasteiger partial charge in [0.2, 0.25) is 0 Å². The molecule has 1 aromatic rings. The maximum atomic E-state index is 12.0. The summed E-state index contributed by atoms with van der Waals surface area (Å²) < 4.78 is 6.83. The fourth-order valence-corrected chi connectivity index (χ4v) is 2.88. The maximum Gasteiger partial charge on any atom is 0.435 e. The zero-order chi connectivity index (χ0) is 16.0. The van der Waals surface area contributed by atoms with E-state index in [1.807, 2.05) is 6.92 Å². The molecule has 0 aromatic heterocycles. The van der Waals surface area contributed by atoms with Crippen molar-refractivity contribution in [3.63, 3.8) is 0 Å². The molecule has 0 aliphatic carbocycles. The highest BCUT2D eigenvalue weighted by molar-refractivity contribution is 8.12. The summed E-state index contributed by atoms with van der Waals surface area (Å²) in [7, 11) is 0. The van der Waals surface area contributed by atoms with Crippen molar-refractivity contribution in [3.8, 4) is 5.75 Å². The Labute approximate surface area is 133 Å². The molecule has 0 aliphatic rings. The molecule has 0 bridgehead atoms. The molecular formula is C14H20N2O3S2. The lowest BCUT2D eigenvalue weighted by Crippen LogP contribution is -2.21. The number of ether oxygens (including phenoxy) is 1. The summed E-state index contributed by atoms with van der Waals surface area (Å²) in [5.41, 5.74) is 7.62. The average Bonchev–Trinajstić information content (AvgIpc) is 2.43. The highest BCUT2D eigenvalue weighted by Gasteiger charge is 2.19. The lowest BCUT2D eigenvalue weighted by atomic mass is 10.0. The van der Waals surface area contributed by atoms with Gasteiger partial charge in [0.1, 0.15) is 5.75 Å². The Kier molecular flexibility index (Phi) is 6.91. The van der Waals surface area contributed by atoms with Crippen molar-refractivity contribution < 1.29 is 14.3 Å². The molecule has 0 saturated heterocycles. The number of nitrogen functional groups attached to an aromatic ring is 1. The summed E-state index contributed by atoms with van der Waals surface area (Å²) in [6, 6.07) is 3.23. The minimum Gasteiger partial charge on any atom is -0.409 e. The number of ketones is 1. The summed E-state index contributed by atoms with van der Waals surface area (Å²) in [5.74, 6) is 0.315. The molecule has 7 heteroatoms. The van der Waals surface area contributed by atoms with Crippen LogP contribution in [0.2, 0.25) is 0 Å². The van der Waals surface area contributed by atoms with Gasteiger partial charge in [0, 0.05) is 29.3 Å². The standard InChI is InChI=1S/C14H20N2O3S2/c1-5-6-11-12(19-14(18)16(20-3)21-4)8-7-10(9(2)17)13(11)15/h7-8H,5-6,15H2,1-4H3. The summed E-state index contributed by atoms with van der Waals surface area (Å²) in [6.07, 6.45) is 4.59. The van der Waals surface area contributed by atoms with Crippen molar-refractivity contribution in [1.82, 2.24) is 3.71 Å². The van der Waals surface area contributed by atoms with Crippen LogP contribution in [0.5, 0.6) is 5.75 Å². The first kappa shape index (κ1) is 17.7. The van der Waals surface area contributed by atoms with Gasteiger partial charge < -0.3 is 10.5 Å². The van der Waals surface area contributed by atoms with E-state index in [4.69, 9.17) is 10.5 Å². The van der Waals surface area contributed by atoms with Crippen LogP contribution in [0.15, 0.2) is 12.1 Å². The molecule has 0 unspecified atom stereocenters. The van der Waals surface area contributed by atoms with E-state index < -0.39 is 6.09 Å². The molecule has 1 aromatic carbocycles. The van der Waals surface area contributed by atoms with Crippen LogP contribution >= 0.6 is 23.9 Å². The van der Waals surface area contributed by atoms with Crippen LogP contribution in [0.4, 0.5) is 10.5 Å². The van der Waals surface area contributed by atoms with Gasteiger partial charge in [-0.25, -0.2) is 4.79 Å².